The standard InChI is InChI=1S/C19H19N3O2/c1-11-8-12(2)14-10-16(21-15(14)9-11)19(24)22-17(18(20)23)13-6-4-3-5-7-13/h3-10,17,21H,1-2H3,(H2,20,23)(H,22,24). The van der Waals surface area contributed by atoms with Crippen LogP contribution in [-0.2, 0) is 4.79 Å². The van der Waals surface area contributed by atoms with E-state index < -0.39 is 11.9 Å². The highest BCUT2D eigenvalue weighted by Gasteiger charge is 2.21. The number of carbonyl (C=O) groups excluding carboxylic acids is 2. The van der Waals surface area contributed by atoms with E-state index >= 15 is 0 Å². The predicted molar refractivity (Wildman–Crippen MR) is 93.6 cm³/mol. The summed E-state index contributed by atoms with van der Waals surface area (Å²) in [4.78, 5) is 27.4. The summed E-state index contributed by atoms with van der Waals surface area (Å²) < 4.78 is 0. The van der Waals surface area contributed by atoms with Crippen molar-refractivity contribution in [2.24, 2.45) is 5.73 Å². The first-order valence-corrected chi connectivity index (χ1v) is 7.71. The molecular formula is C19H19N3O2. The van der Waals surface area contributed by atoms with Crippen LogP contribution in [0.5, 0.6) is 0 Å². The molecule has 2 amide bonds. The smallest absolute Gasteiger partial charge is 0.268 e. The minimum Gasteiger partial charge on any atom is -0.368 e. The van der Waals surface area contributed by atoms with E-state index in [9.17, 15) is 9.59 Å². The van der Waals surface area contributed by atoms with Gasteiger partial charge >= 0.3 is 0 Å². The summed E-state index contributed by atoms with van der Waals surface area (Å²) in [5.74, 6) is -0.964. The van der Waals surface area contributed by atoms with Gasteiger partial charge in [0.1, 0.15) is 11.7 Å². The topological polar surface area (TPSA) is 88.0 Å². The molecule has 0 radical (unpaired) electrons. The van der Waals surface area contributed by atoms with Crippen LogP contribution >= 0.6 is 0 Å². The molecule has 3 aromatic rings. The first kappa shape index (κ1) is 15.8. The third-order valence-corrected chi connectivity index (χ3v) is 4.03. The van der Waals surface area contributed by atoms with Crippen molar-refractivity contribution < 1.29 is 9.59 Å². The number of benzene rings is 2. The molecule has 0 aliphatic rings. The normalized spacial score (nSPS) is 12.1. The van der Waals surface area contributed by atoms with Crippen LogP contribution in [0.25, 0.3) is 10.9 Å². The molecule has 0 aliphatic carbocycles. The maximum atomic E-state index is 12.5. The van der Waals surface area contributed by atoms with Gasteiger partial charge in [0.05, 0.1) is 0 Å². The van der Waals surface area contributed by atoms with Crippen molar-refractivity contribution in [2.45, 2.75) is 19.9 Å². The number of nitrogens with one attached hydrogen (secondary N) is 2. The zero-order valence-electron chi connectivity index (χ0n) is 13.6. The van der Waals surface area contributed by atoms with Crippen molar-refractivity contribution >= 4 is 22.7 Å². The Labute approximate surface area is 139 Å². The summed E-state index contributed by atoms with van der Waals surface area (Å²) in [7, 11) is 0. The monoisotopic (exact) mass is 321 g/mol. The zero-order valence-corrected chi connectivity index (χ0v) is 13.6. The Morgan fingerprint density at radius 2 is 1.79 bits per heavy atom. The number of hydrogen-bond donors (Lipinski definition) is 3. The second-order valence-electron chi connectivity index (χ2n) is 5.95. The molecule has 0 fully saturated rings. The Kier molecular flexibility index (Phi) is 4.08. The average molecular weight is 321 g/mol. The van der Waals surface area contributed by atoms with Gasteiger partial charge in [-0.05, 0) is 42.7 Å². The van der Waals surface area contributed by atoms with Crippen molar-refractivity contribution in [3.63, 3.8) is 0 Å². The number of aromatic nitrogens is 1. The summed E-state index contributed by atoms with van der Waals surface area (Å²) in [5, 5.41) is 3.69. The van der Waals surface area contributed by atoms with Crippen molar-refractivity contribution in [3.8, 4) is 0 Å². The molecule has 0 saturated heterocycles. The summed E-state index contributed by atoms with van der Waals surface area (Å²) in [6.45, 7) is 4.01. The second-order valence-corrected chi connectivity index (χ2v) is 5.95. The maximum absolute atomic E-state index is 12.5. The van der Waals surface area contributed by atoms with Gasteiger partial charge < -0.3 is 16.0 Å². The number of amides is 2. The second kappa shape index (κ2) is 6.20. The quantitative estimate of drug-likeness (QED) is 0.690. The first-order chi connectivity index (χ1) is 11.5. The fourth-order valence-corrected chi connectivity index (χ4v) is 2.89. The van der Waals surface area contributed by atoms with E-state index in [0.29, 0.717) is 11.3 Å². The van der Waals surface area contributed by atoms with Crippen LogP contribution in [0, 0.1) is 13.8 Å². The van der Waals surface area contributed by atoms with Crippen LogP contribution in [0.4, 0.5) is 0 Å². The fraction of sp³-hybridized carbons (Fsp3) is 0.158. The molecule has 122 valence electrons. The molecule has 5 heteroatoms. The number of H-pyrrole nitrogens is 1. The van der Waals surface area contributed by atoms with Crippen LogP contribution in [0.15, 0.2) is 48.5 Å². The van der Waals surface area contributed by atoms with Gasteiger partial charge in [-0.1, -0.05) is 36.4 Å². The summed E-state index contributed by atoms with van der Waals surface area (Å²) in [5.41, 5.74) is 9.62. The van der Waals surface area contributed by atoms with E-state index in [4.69, 9.17) is 5.73 Å². The first-order valence-electron chi connectivity index (χ1n) is 7.71. The van der Waals surface area contributed by atoms with Gasteiger partial charge in [-0.15, -0.1) is 0 Å². The predicted octanol–water partition coefficient (Wildman–Crippen LogP) is 2.74. The van der Waals surface area contributed by atoms with Crippen LogP contribution in [-0.4, -0.2) is 16.8 Å². The minimum atomic E-state index is -0.868. The SMILES string of the molecule is Cc1cc(C)c2cc(C(=O)NC(C(N)=O)c3ccccc3)[nH]c2c1. The van der Waals surface area contributed by atoms with Crippen LogP contribution in [0.3, 0.4) is 0 Å². The highest BCUT2D eigenvalue weighted by atomic mass is 16.2. The Morgan fingerprint density at radius 1 is 1.08 bits per heavy atom. The van der Waals surface area contributed by atoms with E-state index in [0.717, 1.165) is 22.0 Å². The molecule has 4 N–H and O–H groups in total. The molecule has 24 heavy (non-hydrogen) atoms. The number of aryl methyl sites for hydroxylation is 2. The Balaban J connectivity index is 1.91. The number of primary amides is 1. The molecule has 0 saturated carbocycles. The summed E-state index contributed by atoms with van der Waals surface area (Å²) in [6.07, 6.45) is 0. The lowest BCUT2D eigenvalue weighted by molar-refractivity contribution is -0.120. The molecule has 1 aromatic heterocycles. The van der Waals surface area contributed by atoms with Crippen LogP contribution in [0.2, 0.25) is 0 Å². The van der Waals surface area contributed by atoms with Crippen LogP contribution in [0.1, 0.15) is 33.2 Å². The lowest BCUT2D eigenvalue weighted by atomic mass is 10.1. The van der Waals surface area contributed by atoms with E-state index in [1.54, 1.807) is 30.3 Å². The number of rotatable bonds is 4. The van der Waals surface area contributed by atoms with E-state index in [-0.39, 0.29) is 5.91 Å². The fourth-order valence-electron chi connectivity index (χ4n) is 2.89. The number of aromatic amines is 1. The lowest BCUT2D eigenvalue weighted by Gasteiger charge is -2.15. The summed E-state index contributed by atoms with van der Waals surface area (Å²) in [6, 6.07) is 13.9. The van der Waals surface area contributed by atoms with Gasteiger partial charge in [0.2, 0.25) is 5.91 Å². The van der Waals surface area contributed by atoms with Gasteiger partial charge in [-0.2, -0.15) is 0 Å². The minimum absolute atomic E-state index is 0.365. The molecule has 2 aromatic carbocycles. The highest BCUT2D eigenvalue weighted by molar-refractivity contribution is 6.01. The third kappa shape index (κ3) is 3.01. The Bertz CT molecular complexity index is 913. The van der Waals surface area contributed by atoms with Crippen molar-refractivity contribution in [3.05, 3.63) is 70.9 Å². The van der Waals surface area contributed by atoms with Crippen molar-refractivity contribution in [2.75, 3.05) is 0 Å². The van der Waals surface area contributed by atoms with Gasteiger partial charge in [-0.3, -0.25) is 9.59 Å². The van der Waals surface area contributed by atoms with Crippen molar-refractivity contribution in [1.82, 2.24) is 10.3 Å². The molecule has 1 atom stereocenters. The Hall–Kier alpha value is -3.08. The number of carbonyl (C=O) groups is 2. The highest BCUT2D eigenvalue weighted by Crippen LogP contribution is 2.22. The molecule has 1 unspecified atom stereocenters. The van der Waals surface area contributed by atoms with E-state index in [1.807, 2.05) is 26.0 Å². The number of nitrogens with two attached hydrogens (primary N) is 1. The van der Waals surface area contributed by atoms with Gasteiger partial charge in [-0.25, -0.2) is 0 Å². The maximum Gasteiger partial charge on any atom is 0.268 e. The number of hydrogen-bond acceptors (Lipinski definition) is 2. The Morgan fingerprint density at radius 3 is 2.46 bits per heavy atom. The average Bonchev–Trinajstić information content (AvgIpc) is 2.97. The molecule has 3 rings (SSSR count). The van der Waals surface area contributed by atoms with E-state index in [2.05, 4.69) is 16.4 Å². The molecule has 0 bridgehead atoms. The molecular weight excluding hydrogens is 302 g/mol. The van der Waals surface area contributed by atoms with E-state index in [1.165, 1.54) is 0 Å². The molecule has 5 nitrogen and oxygen atoms in total. The third-order valence-electron chi connectivity index (χ3n) is 4.03. The molecule has 0 aliphatic heterocycles. The zero-order chi connectivity index (χ0) is 17.3. The molecule has 0 spiro atoms. The van der Waals surface area contributed by atoms with Crippen LogP contribution < -0.4 is 11.1 Å². The summed E-state index contributed by atoms with van der Waals surface area (Å²) >= 11 is 0. The number of fused-ring (bicyclic) bond motifs is 1. The van der Waals surface area contributed by atoms with Gasteiger partial charge in [0.25, 0.3) is 5.91 Å². The largest absolute Gasteiger partial charge is 0.368 e. The molecule has 1 heterocycles. The van der Waals surface area contributed by atoms with Gasteiger partial charge in [0.15, 0.2) is 0 Å². The lowest BCUT2D eigenvalue weighted by Crippen LogP contribution is -2.37. The van der Waals surface area contributed by atoms with Gasteiger partial charge in [0, 0.05) is 10.9 Å². The van der Waals surface area contributed by atoms with Crippen molar-refractivity contribution in [1.29, 1.82) is 0 Å².